The van der Waals surface area contributed by atoms with Crippen LogP contribution in [0.1, 0.15) is 25.0 Å². The molecule has 1 amide bonds. The fourth-order valence-electron chi connectivity index (χ4n) is 2.90. The molecular formula is C18H26F3IN4O2. The van der Waals surface area contributed by atoms with Gasteiger partial charge in [-0.1, -0.05) is 6.07 Å². The third kappa shape index (κ3) is 6.42. The van der Waals surface area contributed by atoms with Crippen LogP contribution in [-0.4, -0.2) is 61.5 Å². The number of methoxy groups -OCH3 is 1. The first-order chi connectivity index (χ1) is 12.8. The van der Waals surface area contributed by atoms with Gasteiger partial charge >= 0.3 is 6.18 Å². The van der Waals surface area contributed by atoms with Crippen molar-refractivity contribution in [3.8, 4) is 5.75 Å². The number of ether oxygens (including phenoxy) is 1. The van der Waals surface area contributed by atoms with Crippen LogP contribution in [0, 0.1) is 0 Å². The van der Waals surface area contributed by atoms with Gasteiger partial charge in [0, 0.05) is 39.6 Å². The van der Waals surface area contributed by atoms with E-state index in [9.17, 15) is 18.0 Å². The number of guanidine groups is 1. The monoisotopic (exact) mass is 514 g/mol. The van der Waals surface area contributed by atoms with Crippen molar-refractivity contribution in [1.29, 1.82) is 0 Å². The first kappa shape index (κ1) is 24.3. The molecule has 0 aromatic heterocycles. The zero-order valence-corrected chi connectivity index (χ0v) is 18.5. The summed E-state index contributed by atoms with van der Waals surface area (Å²) in [5, 5.41) is 3.11. The Labute approximate surface area is 180 Å². The molecule has 1 heterocycles. The van der Waals surface area contributed by atoms with Crippen molar-refractivity contribution in [2.75, 3.05) is 39.8 Å². The van der Waals surface area contributed by atoms with Crippen molar-refractivity contribution in [1.82, 2.24) is 15.1 Å². The molecule has 10 heteroatoms. The number of alkyl halides is 3. The number of hydrogen-bond donors (Lipinski definition) is 1. The van der Waals surface area contributed by atoms with Gasteiger partial charge in [0.25, 0.3) is 0 Å². The van der Waals surface area contributed by atoms with Crippen LogP contribution in [0.4, 0.5) is 13.2 Å². The Balaban J connectivity index is 0.00000392. The van der Waals surface area contributed by atoms with Gasteiger partial charge in [0.2, 0.25) is 5.91 Å². The average molecular weight is 514 g/mol. The Morgan fingerprint density at radius 2 is 1.82 bits per heavy atom. The topological polar surface area (TPSA) is 57.2 Å². The SMILES string of the molecule is CCNC(=NCc1ccc(OC)cc1C(F)(F)F)N1CCN(C(C)=O)CC1.I. The molecule has 0 saturated carbocycles. The van der Waals surface area contributed by atoms with Crippen LogP contribution in [0.15, 0.2) is 23.2 Å². The largest absolute Gasteiger partial charge is 0.497 e. The van der Waals surface area contributed by atoms with E-state index in [2.05, 4.69) is 10.3 Å². The number of nitrogens with one attached hydrogen (secondary N) is 1. The molecule has 1 aromatic rings. The minimum atomic E-state index is -4.48. The van der Waals surface area contributed by atoms with E-state index in [0.717, 1.165) is 6.07 Å². The van der Waals surface area contributed by atoms with E-state index >= 15 is 0 Å². The van der Waals surface area contributed by atoms with Gasteiger partial charge in [-0.3, -0.25) is 4.79 Å². The highest BCUT2D eigenvalue weighted by atomic mass is 127. The predicted octanol–water partition coefficient (Wildman–Crippen LogP) is 2.96. The quantitative estimate of drug-likeness (QED) is 0.382. The van der Waals surface area contributed by atoms with Gasteiger partial charge < -0.3 is 19.9 Å². The summed E-state index contributed by atoms with van der Waals surface area (Å²) in [7, 11) is 1.33. The van der Waals surface area contributed by atoms with Crippen LogP contribution in [0.2, 0.25) is 0 Å². The molecule has 0 radical (unpaired) electrons. The lowest BCUT2D eigenvalue weighted by molar-refractivity contribution is -0.138. The number of hydrogen-bond acceptors (Lipinski definition) is 3. The number of rotatable bonds is 4. The van der Waals surface area contributed by atoms with E-state index in [1.165, 1.54) is 26.2 Å². The Bertz CT molecular complexity index is 690. The second kappa shape index (κ2) is 10.7. The molecule has 6 nitrogen and oxygen atoms in total. The molecule has 1 fully saturated rings. The maximum absolute atomic E-state index is 13.3. The number of benzene rings is 1. The molecule has 1 aromatic carbocycles. The molecule has 2 rings (SSSR count). The number of carbonyl (C=O) groups excluding carboxylic acids is 1. The molecule has 1 aliphatic rings. The first-order valence-electron chi connectivity index (χ1n) is 8.79. The lowest BCUT2D eigenvalue weighted by atomic mass is 10.1. The van der Waals surface area contributed by atoms with Crippen molar-refractivity contribution >= 4 is 35.8 Å². The van der Waals surface area contributed by atoms with Gasteiger partial charge in [0.1, 0.15) is 5.75 Å². The van der Waals surface area contributed by atoms with Crippen molar-refractivity contribution in [2.24, 2.45) is 4.99 Å². The van der Waals surface area contributed by atoms with E-state index < -0.39 is 11.7 Å². The minimum absolute atomic E-state index is 0. The highest BCUT2D eigenvalue weighted by Crippen LogP contribution is 2.34. The summed E-state index contributed by atoms with van der Waals surface area (Å²) in [5.41, 5.74) is -0.663. The van der Waals surface area contributed by atoms with Crippen LogP contribution >= 0.6 is 24.0 Å². The summed E-state index contributed by atoms with van der Waals surface area (Å²) in [5.74, 6) is 0.719. The molecule has 158 valence electrons. The van der Waals surface area contributed by atoms with Gasteiger partial charge in [-0.2, -0.15) is 13.2 Å². The molecule has 28 heavy (non-hydrogen) atoms. The van der Waals surface area contributed by atoms with Gasteiger partial charge in [-0.15, -0.1) is 24.0 Å². The third-order valence-electron chi connectivity index (χ3n) is 4.38. The average Bonchev–Trinajstić information content (AvgIpc) is 2.64. The fourth-order valence-corrected chi connectivity index (χ4v) is 2.90. The summed E-state index contributed by atoms with van der Waals surface area (Å²) in [6, 6.07) is 3.88. The first-order valence-corrected chi connectivity index (χ1v) is 8.79. The minimum Gasteiger partial charge on any atom is -0.497 e. The smallest absolute Gasteiger partial charge is 0.416 e. The fraction of sp³-hybridized carbons (Fsp3) is 0.556. The maximum atomic E-state index is 13.3. The number of nitrogens with zero attached hydrogens (tertiary/aromatic N) is 3. The molecule has 0 bridgehead atoms. The van der Waals surface area contributed by atoms with Gasteiger partial charge in [0.15, 0.2) is 5.96 Å². The van der Waals surface area contributed by atoms with Crippen LogP contribution in [0.25, 0.3) is 0 Å². The standard InChI is InChI=1S/C18H25F3N4O2.HI/c1-4-22-17(25-9-7-24(8-10-25)13(2)26)23-12-14-5-6-15(27-3)11-16(14)18(19,20)21;/h5-6,11H,4,7-10,12H2,1-3H3,(H,22,23);1H. The molecular weight excluding hydrogens is 488 g/mol. The lowest BCUT2D eigenvalue weighted by Crippen LogP contribution is -2.53. The second-order valence-corrected chi connectivity index (χ2v) is 6.18. The number of amides is 1. The van der Waals surface area contributed by atoms with Gasteiger partial charge in [-0.05, 0) is 24.6 Å². The Hall–Kier alpha value is -1.72. The zero-order chi connectivity index (χ0) is 20.0. The van der Waals surface area contributed by atoms with Crippen molar-refractivity contribution < 1.29 is 22.7 Å². The summed E-state index contributed by atoms with van der Waals surface area (Å²) in [6.07, 6.45) is -4.48. The van der Waals surface area contributed by atoms with Crippen molar-refractivity contribution in [3.63, 3.8) is 0 Å². The third-order valence-corrected chi connectivity index (χ3v) is 4.38. The van der Waals surface area contributed by atoms with Crippen molar-refractivity contribution in [3.05, 3.63) is 29.3 Å². The predicted molar refractivity (Wildman–Crippen MR) is 112 cm³/mol. The normalized spacial score (nSPS) is 15.1. The number of aliphatic imine (C=N–C) groups is 1. The van der Waals surface area contributed by atoms with Crippen molar-refractivity contribution in [2.45, 2.75) is 26.6 Å². The molecule has 0 atom stereocenters. The molecule has 0 spiro atoms. The van der Waals surface area contributed by atoms with E-state index in [-0.39, 0.29) is 47.7 Å². The van der Waals surface area contributed by atoms with Gasteiger partial charge in [0.05, 0.1) is 19.2 Å². The molecule has 0 unspecified atom stereocenters. The lowest BCUT2D eigenvalue weighted by Gasteiger charge is -2.36. The van der Waals surface area contributed by atoms with E-state index in [4.69, 9.17) is 4.74 Å². The number of carbonyl (C=O) groups is 1. The number of piperazine rings is 1. The van der Waals surface area contributed by atoms with Gasteiger partial charge in [-0.25, -0.2) is 4.99 Å². The Morgan fingerprint density at radius 3 is 2.32 bits per heavy atom. The summed E-state index contributed by atoms with van der Waals surface area (Å²) in [6.45, 7) is 6.22. The van der Waals surface area contributed by atoms with Crippen LogP contribution in [-0.2, 0) is 17.5 Å². The van der Waals surface area contributed by atoms with E-state index in [0.29, 0.717) is 38.7 Å². The zero-order valence-electron chi connectivity index (χ0n) is 16.2. The molecule has 1 N–H and O–H groups in total. The summed E-state index contributed by atoms with van der Waals surface area (Å²) in [4.78, 5) is 19.5. The van der Waals surface area contributed by atoms with E-state index in [1.807, 2.05) is 11.8 Å². The van der Waals surface area contributed by atoms with Crippen LogP contribution in [0.5, 0.6) is 5.75 Å². The summed E-state index contributed by atoms with van der Waals surface area (Å²) >= 11 is 0. The summed E-state index contributed by atoms with van der Waals surface area (Å²) < 4.78 is 44.9. The molecule has 1 aliphatic heterocycles. The van der Waals surface area contributed by atoms with Crippen LogP contribution < -0.4 is 10.1 Å². The second-order valence-electron chi connectivity index (χ2n) is 6.18. The van der Waals surface area contributed by atoms with Crippen LogP contribution in [0.3, 0.4) is 0 Å². The highest BCUT2D eigenvalue weighted by Gasteiger charge is 2.33. The highest BCUT2D eigenvalue weighted by molar-refractivity contribution is 14.0. The molecule has 0 aliphatic carbocycles. The maximum Gasteiger partial charge on any atom is 0.416 e. The molecule has 1 saturated heterocycles. The Morgan fingerprint density at radius 1 is 1.21 bits per heavy atom. The number of halogens is 4. The Kier molecular flexibility index (Phi) is 9.31. The van der Waals surface area contributed by atoms with E-state index in [1.54, 1.807) is 4.90 Å².